The Morgan fingerprint density at radius 3 is 2.33 bits per heavy atom. The van der Waals surface area contributed by atoms with Gasteiger partial charge in [0.15, 0.2) is 0 Å². The van der Waals surface area contributed by atoms with Crippen molar-refractivity contribution in [2.75, 3.05) is 6.54 Å². The zero-order chi connectivity index (χ0) is 32.5. The number of carbonyl (C=O) groups excluding carboxylic acids is 1. The first-order valence-corrected chi connectivity index (χ1v) is 15.8. The Balaban J connectivity index is 1.38. The van der Waals surface area contributed by atoms with E-state index in [9.17, 15) is 23.1 Å². The molecule has 5 aromatic rings. The van der Waals surface area contributed by atoms with Crippen LogP contribution in [0.3, 0.4) is 0 Å². The Morgan fingerprint density at radius 2 is 1.61 bits per heavy atom. The fourth-order valence-electron chi connectivity index (χ4n) is 5.12. The van der Waals surface area contributed by atoms with Crippen molar-refractivity contribution < 1.29 is 23.1 Å². The molecule has 0 aliphatic carbocycles. The van der Waals surface area contributed by atoms with E-state index in [0.717, 1.165) is 29.2 Å². The number of thiazole rings is 1. The molecule has 0 radical (unpaired) electrons. The van der Waals surface area contributed by atoms with Gasteiger partial charge in [0.05, 0.1) is 12.1 Å². The van der Waals surface area contributed by atoms with Crippen molar-refractivity contribution in [2.45, 2.75) is 38.5 Å². The van der Waals surface area contributed by atoms with E-state index >= 15 is 0 Å². The molecule has 1 heterocycles. The first kappa shape index (κ1) is 32.8. The number of carbonyl (C=O) groups is 1. The highest BCUT2D eigenvalue weighted by Gasteiger charge is 2.24. The van der Waals surface area contributed by atoms with Crippen molar-refractivity contribution in [2.24, 2.45) is 0 Å². The number of benzene rings is 4. The minimum Gasteiger partial charge on any atom is -0.390 e. The van der Waals surface area contributed by atoms with Crippen LogP contribution in [0.1, 0.15) is 45.1 Å². The van der Waals surface area contributed by atoms with Gasteiger partial charge in [-0.1, -0.05) is 55.5 Å². The van der Waals surface area contributed by atoms with Crippen LogP contribution < -0.4 is 10.6 Å². The molecule has 1 amide bonds. The van der Waals surface area contributed by atoms with Crippen molar-refractivity contribution in [1.82, 2.24) is 15.6 Å². The maximum Gasteiger partial charge on any atom is 0.251 e. The standard InChI is InChI=1S/C37H34F3N3O2S/c1-2-24-4-3-5-27(14-24)22-41-23-35(44)34(19-28-17-32(39)21-33(40)18-28)43-36(45)29-15-26(7-6-25-8-10-31(38)11-9-25)16-30(20-29)37-42-12-13-46-37/h3-18,20-21,34-35,41,44H,2,19,22-23H2,1H3,(H,43,45)/t34-,35-/m0/s1. The van der Waals surface area contributed by atoms with Crippen molar-refractivity contribution in [3.05, 3.63) is 147 Å². The van der Waals surface area contributed by atoms with Gasteiger partial charge in [0.2, 0.25) is 0 Å². The summed E-state index contributed by atoms with van der Waals surface area (Å²) < 4.78 is 41.5. The van der Waals surface area contributed by atoms with Crippen molar-refractivity contribution >= 4 is 29.4 Å². The van der Waals surface area contributed by atoms with Crippen LogP contribution in [0.2, 0.25) is 0 Å². The molecule has 0 bridgehead atoms. The van der Waals surface area contributed by atoms with E-state index in [1.165, 1.54) is 41.2 Å². The second kappa shape index (κ2) is 15.6. The van der Waals surface area contributed by atoms with Crippen LogP contribution >= 0.6 is 11.3 Å². The highest BCUT2D eigenvalue weighted by molar-refractivity contribution is 7.13. The molecule has 46 heavy (non-hydrogen) atoms. The molecule has 5 rings (SSSR count). The minimum atomic E-state index is -1.08. The van der Waals surface area contributed by atoms with Crippen LogP contribution in [0.4, 0.5) is 13.2 Å². The summed E-state index contributed by atoms with van der Waals surface area (Å²) in [6.45, 7) is 2.71. The minimum absolute atomic E-state index is 0.00190. The molecular formula is C37H34F3N3O2S. The van der Waals surface area contributed by atoms with Gasteiger partial charge in [0.25, 0.3) is 5.91 Å². The van der Waals surface area contributed by atoms with E-state index in [0.29, 0.717) is 28.2 Å². The van der Waals surface area contributed by atoms with Gasteiger partial charge in [-0.2, -0.15) is 0 Å². The number of rotatable bonds is 13. The van der Waals surface area contributed by atoms with Gasteiger partial charge in [0.1, 0.15) is 22.5 Å². The van der Waals surface area contributed by atoms with E-state index in [-0.39, 0.29) is 18.8 Å². The Morgan fingerprint density at radius 1 is 0.870 bits per heavy atom. The normalized spacial score (nSPS) is 12.7. The lowest BCUT2D eigenvalue weighted by Crippen LogP contribution is -2.48. The van der Waals surface area contributed by atoms with Gasteiger partial charge < -0.3 is 15.7 Å². The number of aryl methyl sites for hydroxylation is 1. The van der Waals surface area contributed by atoms with Crippen LogP contribution in [-0.2, 0) is 19.4 Å². The number of hydrogen-bond donors (Lipinski definition) is 3. The highest BCUT2D eigenvalue weighted by Crippen LogP contribution is 2.26. The lowest BCUT2D eigenvalue weighted by Gasteiger charge is -2.25. The summed E-state index contributed by atoms with van der Waals surface area (Å²) in [5.41, 5.74) is 5.09. The number of nitrogens with one attached hydrogen (secondary N) is 2. The molecule has 1 aromatic heterocycles. The van der Waals surface area contributed by atoms with Crippen molar-refractivity contribution in [1.29, 1.82) is 0 Å². The molecule has 0 aliphatic rings. The molecule has 2 atom stereocenters. The third-order valence-corrected chi connectivity index (χ3v) is 8.30. The molecule has 0 aliphatic heterocycles. The highest BCUT2D eigenvalue weighted by atomic mass is 32.1. The summed E-state index contributed by atoms with van der Waals surface area (Å²) in [4.78, 5) is 18.2. The predicted molar refractivity (Wildman–Crippen MR) is 178 cm³/mol. The second-order valence-corrected chi connectivity index (χ2v) is 11.9. The summed E-state index contributed by atoms with van der Waals surface area (Å²) in [5.74, 6) is -2.28. The van der Waals surface area contributed by atoms with Gasteiger partial charge in [0, 0.05) is 41.9 Å². The summed E-state index contributed by atoms with van der Waals surface area (Å²) >= 11 is 1.43. The lowest BCUT2D eigenvalue weighted by molar-refractivity contribution is 0.0830. The first-order valence-electron chi connectivity index (χ1n) is 15.0. The van der Waals surface area contributed by atoms with Gasteiger partial charge in [-0.25, -0.2) is 18.2 Å². The van der Waals surface area contributed by atoms with Gasteiger partial charge >= 0.3 is 0 Å². The van der Waals surface area contributed by atoms with Crippen molar-refractivity contribution in [3.63, 3.8) is 0 Å². The number of amides is 1. The molecular weight excluding hydrogens is 607 g/mol. The molecule has 9 heteroatoms. The average Bonchev–Trinajstić information content (AvgIpc) is 3.59. The van der Waals surface area contributed by atoms with Crippen LogP contribution in [-0.4, -0.2) is 34.7 Å². The van der Waals surface area contributed by atoms with E-state index in [2.05, 4.69) is 34.7 Å². The van der Waals surface area contributed by atoms with Crippen LogP contribution in [0.25, 0.3) is 22.7 Å². The number of hydrogen-bond acceptors (Lipinski definition) is 5. The fraction of sp³-hybridized carbons (Fsp3) is 0.189. The molecule has 236 valence electrons. The first-order chi connectivity index (χ1) is 22.2. The van der Waals surface area contributed by atoms with E-state index in [4.69, 9.17) is 0 Å². The maximum absolute atomic E-state index is 14.1. The Bertz CT molecular complexity index is 1770. The number of aliphatic hydroxyl groups is 1. The summed E-state index contributed by atoms with van der Waals surface area (Å²) in [6.07, 6.45) is 5.14. The molecule has 0 fully saturated rings. The number of halogens is 3. The quantitative estimate of drug-likeness (QED) is 0.117. The van der Waals surface area contributed by atoms with E-state index < -0.39 is 29.7 Å². The van der Waals surface area contributed by atoms with Crippen LogP contribution in [0, 0.1) is 17.5 Å². The van der Waals surface area contributed by atoms with Crippen LogP contribution in [0.15, 0.2) is 96.5 Å². The molecule has 0 unspecified atom stereocenters. The summed E-state index contributed by atoms with van der Waals surface area (Å²) in [6, 6.07) is 21.8. The zero-order valence-corrected chi connectivity index (χ0v) is 26.0. The molecule has 0 saturated heterocycles. The lowest BCUT2D eigenvalue weighted by atomic mass is 9.99. The predicted octanol–water partition coefficient (Wildman–Crippen LogP) is 7.45. The third-order valence-electron chi connectivity index (χ3n) is 7.48. The topological polar surface area (TPSA) is 74.2 Å². The number of aromatic nitrogens is 1. The SMILES string of the molecule is CCc1cccc(CNC[C@H](O)[C@H](Cc2cc(F)cc(F)c2)NC(=O)c2cc(C=Cc3ccc(F)cc3)cc(-c3nccs3)c2)c1. The van der Waals surface area contributed by atoms with Gasteiger partial charge in [-0.15, -0.1) is 11.3 Å². The number of nitrogens with zero attached hydrogens (tertiary/aromatic N) is 1. The maximum atomic E-state index is 14.1. The monoisotopic (exact) mass is 641 g/mol. The smallest absolute Gasteiger partial charge is 0.251 e. The Hall–Kier alpha value is -4.57. The molecule has 5 nitrogen and oxygen atoms in total. The summed E-state index contributed by atoms with van der Waals surface area (Å²) in [5, 5.41) is 20.0. The van der Waals surface area contributed by atoms with Gasteiger partial charge in [-0.3, -0.25) is 4.79 Å². The van der Waals surface area contributed by atoms with Crippen LogP contribution in [0.5, 0.6) is 0 Å². The Labute approximate surface area is 270 Å². The third kappa shape index (κ3) is 9.23. The zero-order valence-electron chi connectivity index (χ0n) is 25.2. The van der Waals surface area contributed by atoms with E-state index in [1.54, 1.807) is 30.5 Å². The summed E-state index contributed by atoms with van der Waals surface area (Å²) in [7, 11) is 0. The number of aliphatic hydroxyl groups excluding tert-OH is 1. The fourth-order valence-corrected chi connectivity index (χ4v) is 5.74. The average molecular weight is 642 g/mol. The molecule has 4 aromatic carbocycles. The van der Waals surface area contributed by atoms with Gasteiger partial charge in [-0.05, 0) is 83.1 Å². The largest absolute Gasteiger partial charge is 0.390 e. The van der Waals surface area contributed by atoms with E-state index in [1.807, 2.05) is 35.7 Å². The Kier molecular flexibility index (Phi) is 11.1. The second-order valence-electron chi connectivity index (χ2n) is 11.0. The van der Waals surface area contributed by atoms with Crippen molar-refractivity contribution in [3.8, 4) is 10.6 Å². The molecule has 3 N–H and O–H groups in total. The molecule has 0 spiro atoms. The molecule has 0 saturated carbocycles.